The summed E-state index contributed by atoms with van der Waals surface area (Å²) < 4.78 is 6.61. The van der Waals surface area contributed by atoms with Gasteiger partial charge in [0.05, 0.1) is 35.0 Å². The minimum absolute atomic E-state index is 0. The molecule has 0 aliphatic rings. The van der Waals surface area contributed by atoms with E-state index in [1.165, 1.54) is 7.11 Å². The van der Waals surface area contributed by atoms with E-state index in [1.807, 2.05) is 20.0 Å². The molecule has 1 N–H and O–H groups in total. The summed E-state index contributed by atoms with van der Waals surface area (Å²) in [4.78, 5) is 18.8. The maximum Gasteiger partial charge on any atom is 0.337 e. The molecule has 8 heteroatoms. The molecule has 146 valence electrons. The van der Waals surface area contributed by atoms with Crippen LogP contribution in [0.2, 0.25) is 0 Å². The van der Waals surface area contributed by atoms with Crippen molar-refractivity contribution < 1.29 is 9.53 Å². The molecular weight excluding hydrogens is 366 g/mol. The summed E-state index contributed by atoms with van der Waals surface area (Å²) in [6, 6.07) is 5.47. The van der Waals surface area contributed by atoms with Crippen molar-refractivity contribution in [2.75, 3.05) is 39.6 Å². The molecule has 2 aromatic heterocycles. The molecule has 0 spiro atoms. The van der Waals surface area contributed by atoms with Gasteiger partial charge in [0, 0.05) is 19.0 Å². The van der Waals surface area contributed by atoms with Gasteiger partial charge in [-0.1, -0.05) is 0 Å². The molecule has 0 atom stereocenters. The molecule has 27 heavy (non-hydrogen) atoms. The van der Waals surface area contributed by atoms with E-state index in [0.29, 0.717) is 5.56 Å². The number of ether oxygens (including phenoxy) is 1. The number of carbonyl (C=O) groups excluding carboxylic acids is 1. The average molecular weight is 392 g/mol. The summed E-state index contributed by atoms with van der Waals surface area (Å²) in [5.41, 5.74) is 3.99. The average Bonchev–Trinajstić information content (AvgIpc) is 2.90. The van der Waals surface area contributed by atoms with Crippen LogP contribution < -0.4 is 5.32 Å². The highest BCUT2D eigenvalue weighted by Crippen LogP contribution is 2.33. The van der Waals surface area contributed by atoms with Crippen LogP contribution in [0.4, 0.5) is 5.69 Å². The fourth-order valence-corrected chi connectivity index (χ4v) is 3.19. The summed E-state index contributed by atoms with van der Waals surface area (Å²) in [7, 11) is 7.40. The topological polar surface area (TPSA) is 72.3 Å². The Bertz CT molecular complexity index is 968. The Morgan fingerprint density at radius 3 is 2.74 bits per heavy atom. The minimum atomic E-state index is -0.365. The van der Waals surface area contributed by atoms with E-state index in [0.717, 1.165) is 52.8 Å². The fraction of sp³-hybridized carbons (Fsp3) is 0.421. The standard InChI is InChI=1S/C19H25N5O2.ClH/c1-12-16-17(20-9-6-10-23(2)3)14-8-7-13(19(25)26-5)11-15(14)21-18(16)24(4)22-12;/h7-8,11H,6,9-10H2,1-5H3,(H,20,21);1H. The Hall–Kier alpha value is -2.38. The highest BCUT2D eigenvalue weighted by atomic mass is 35.5. The number of fused-ring (bicyclic) bond motifs is 2. The molecule has 3 aromatic rings. The molecule has 7 nitrogen and oxygen atoms in total. The molecule has 0 aliphatic heterocycles. The number of benzene rings is 1. The minimum Gasteiger partial charge on any atom is -0.465 e. The molecule has 0 saturated carbocycles. The van der Waals surface area contributed by atoms with Crippen molar-refractivity contribution in [1.82, 2.24) is 19.7 Å². The molecule has 2 heterocycles. The Morgan fingerprint density at radius 1 is 1.33 bits per heavy atom. The lowest BCUT2D eigenvalue weighted by atomic mass is 10.1. The molecule has 0 bridgehead atoms. The number of aromatic nitrogens is 3. The van der Waals surface area contributed by atoms with E-state index in [4.69, 9.17) is 9.72 Å². The summed E-state index contributed by atoms with van der Waals surface area (Å²) in [6.07, 6.45) is 1.03. The first-order valence-electron chi connectivity index (χ1n) is 8.66. The SMILES string of the molecule is COC(=O)c1ccc2c(NCCCN(C)C)c3c(C)nn(C)c3nc2c1.Cl. The zero-order valence-corrected chi connectivity index (χ0v) is 17.2. The van der Waals surface area contributed by atoms with Crippen LogP contribution in [0, 0.1) is 6.92 Å². The predicted octanol–water partition coefficient (Wildman–Crippen LogP) is 3.00. The number of aryl methyl sites for hydroxylation is 2. The summed E-state index contributed by atoms with van der Waals surface area (Å²) in [6.45, 7) is 3.85. The number of pyridine rings is 1. The Kier molecular flexibility index (Phi) is 6.62. The van der Waals surface area contributed by atoms with Gasteiger partial charge in [0.2, 0.25) is 0 Å². The number of rotatable bonds is 6. The summed E-state index contributed by atoms with van der Waals surface area (Å²) in [5, 5.41) is 10.1. The van der Waals surface area contributed by atoms with Gasteiger partial charge in [0.15, 0.2) is 5.65 Å². The van der Waals surface area contributed by atoms with Gasteiger partial charge in [-0.05, 0) is 52.2 Å². The lowest BCUT2D eigenvalue weighted by Crippen LogP contribution is -2.16. The van der Waals surface area contributed by atoms with Crippen molar-refractivity contribution in [3.63, 3.8) is 0 Å². The summed E-state index contributed by atoms with van der Waals surface area (Å²) >= 11 is 0. The van der Waals surface area contributed by atoms with E-state index >= 15 is 0 Å². The van der Waals surface area contributed by atoms with Crippen molar-refractivity contribution in [3.8, 4) is 0 Å². The quantitative estimate of drug-likeness (QED) is 0.514. The number of nitrogens with zero attached hydrogens (tertiary/aromatic N) is 4. The second kappa shape index (κ2) is 8.54. The number of hydrogen-bond donors (Lipinski definition) is 1. The normalized spacial score (nSPS) is 11.0. The molecule has 0 fully saturated rings. The monoisotopic (exact) mass is 391 g/mol. The van der Waals surface area contributed by atoms with Crippen LogP contribution in [0.5, 0.6) is 0 Å². The van der Waals surface area contributed by atoms with Crippen LogP contribution in [0.3, 0.4) is 0 Å². The molecule has 0 saturated heterocycles. The van der Waals surface area contributed by atoms with Crippen molar-refractivity contribution in [1.29, 1.82) is 0 Å². The third-order valence-corrected chi connectivity index (χ3v) is 4.44. The zero-order valence-electron chi connectivity index (χ0n) is 16.4. The van der Waals surface area contributed by atoms with Crippen LogP contribution in [0.25, 0.3) is 21.9 Å². The van der Waals surface area contributed by atoms with Gasteiger partial charge in [-0.2, -0.15) is 5.10 Å². The molecule has 0 aliphatic carbocycles. The lowest BCUT2D eigenvalue weighted by Gasteiger charge is -2.14. The highest BCUT2D eigenvalue weighted by Gasteiger charge is 2.17. The second-order valence-corrected chi connectivity index (χ2v) is 6.70. The second-order valence-electron chi connectivity index (χ2n) is 6.70. The number of carbonyl (C=O) groups is 1. The van der Waals surface area contributed by atoms with Crippen LogP contribution >= 0.6 is 12.4 Å². The van der Waals surface area contributed by atoms with Gasteiger partial charge < -0.3 is 15.0 Å². The smallest absolute Gasteiger partial charge is 0.337 e. The van der Waals surface area contributed by atoms with Crippen LogP contribution in [-0.2, 0) is 11.8 Å². The van der Waals surface area contributed by atoms with E-state index in [1.54, 1.807) is 16.8 Å². The first-order chi connectivity index (χ1) is 12.4. The van der Waals surface area contributed by atoms with E-state index in [-0.39, 0.29) is 18.4 Å². The third kappa shape index (κ3) is 4.14. The van der Waals surface area contributed by atoms with Crippen LogP contribution in [0.15, 0.2) is 18.2 Å². The third-order valence-electron chi connectivity index (χ3n) is 4.44. The lowest BCUT2D eigenvalue weighted by molar-refractivity contribution is 0.0601. The van der Waals surface area contributed by atoms with E-state index in [9.17, 15) is 4.79 Å². The van der Waals surface area contributed by atoms with Crippen molar-refractivity contribution in [2.45, 2.75) is 13.3 Å². The molecular formula is C19H26ClN5O2. The van der Waals surface area contributed by atoms with Gasteiger partial charge in [0.1, 0.15) is 0 Å². The number of methoxy groups -OCH3 is 1. The van der Waals surface area contributed by atoms with Gasteiger partial charge in [0.25, 0.3) is 0 Å². The molecule has 0 amide bonds. The fourth-order valence-electron chi connectivity index (χ4n) is 3.19. The van der Waals surface area contributed by atoms with Gasteiger partial charge in [-0.15, -0.1) is 12.4 Å². The van der Waals surface area contributed by atoms with Gasteiger partial charge in [-0.3, -0.25) is 4.68 Å². The van der Waals surface area contributed by atoms with Crippen LogP contribution in [0.1, 0.15) is 22.5 Å². The Balaban J connectivity index is 0.00000261. The number of esters is 1. The first kappa shape index (κ1) is 20.9. The van der Waals surface area contributed by atoms with Gasteiger partial charge in [-0.25, -0.2) is 9.78 Å². The Labute approximate surface area is 165 Å². The highest BCUT2D eigenvalue weighted by molar-refractivity contribution is 6.09. The van der Waals surface area contributed by atoms with Crippen molar-refractivity contribution >= 4 is 46.0 Å². The van der Waals surface area contributed by atoms with Crippen molar-refractivity contribution in [3.05, 3.63) is 29.5 Å². The van der Waals surface area contributed by atoms with E-state index in [2.05, 4.69) is 29.4 Å². The maximum absolute atomic E-state index is 11.9. The largest absolute Gasteiger partial charge is 0.465 e. The van der Waals surface area contributed by atoms with Crippen molar-refractivity contribution in [2.24, 2.45) is 7.05 Å². The number of hydrogen-bond acceptors (Lipinski definition) is 6. The molecule has 0 unspecified atom stereocenters. The molecule has 3 rings (SSSR count). The summed E-state index contributed by atoms with van der Waals surface area (Å²) in [5.74, 6) is -0.365. The maximum atomic E-state index is 11.9. The predicted molar refractivity (Wildman–Crippen MR) is 111 cm³/mol. The van der Waals surface area contributed by atoms with Crippen LogP contribution in [-0.4, -0.2) is 59.9 Å². The molecule has 0 radical (unpaired) electrons. The Morgan fingerprint density at radius 2 is 2.07 bits per heavy atom. The first-order valence-corrected chi connectivity index (χ1v) is 8.66. The molecule has 1 aromatic carbocycles. The zero-order chi connectivity index (χ0) is 18.8. The number of anilines is 1. The van der Waals surface area contributed by atoms with E-state index < -0.39 is 0 Å². The van der Waals surface area contributed by atoms with Gasteiger partial charge >= 0.3 is 5.97 Å². The number of nitrogens with one attached hydrogen (secondary N) is 1. The number of halogens is 1.